The van der Waals surface area contributed by atoms with Gasteiger partial charge in [0.05, 0.1) is 17.5 Å². The minimum atomic E-state index is -0.446. The largest absolute Gasteiger partial charge is 0.454 e. The van der Waals surface area contributed by atoms with Crippen LogP contribution in [-0.2, 0) is 4.79 Å². The minimum Gasteiger partial charge on any atom is -0.454 e. The molecular weight excluding hydrogens is 394 g/mol. The Hall–Kier alpha value is -4.06. The van der Waals surface area contributed by atoms with Crippen LogP contribution in [0, 0.1) is 0 Å². The van der Waals surface area contributed by atoms with Gasteiger partial charge in [-0.25, -0.2) is 0 Å². The summed E-state index contributed by atoms with van der Waals surface area (Å²) in [5.41, 5.74) is 2.54. The maximum Gasteiger partial charge on any atom is 0.312 e. The first-order valence-corrected chi connectivity index (χ1v) is 10.0. The number of pyridine rings is 1. The number of carbonyl (C=O) groups is 1. The molecule has 0 saturated heterocycles. The highest BCUT2D eigenvalue weighted by atomic mass is 16.7. The van der Waals surface area contributed by atoms with Gasteiger partial charge in [-0.05, 0) is 42.0 Å². The van der Waals surface area contributed by atoms with Crippen LogP contribution < -0.4 is 19.8 Å². The second-order valence-electron chi connectivity index (χ2n) is 7.58. The molecule has 6 nitrogen and oxygen atoms in total. The first-order chi connectivity index (χ1) is 15.2. The lowest BCUT2D eigenvalue weighted by Crippen LogP contribution is -2.32. The fourth-order valence-electron chi connectivity index (χ4n) is 4.42. The number of nitrogens with zero attached hydrogens (tertiary/aromatic N) is 1. The van der Waals surface area contributed by atoms with E-state index in [9.17, 15) is 9.59 Å². The minimum absolute atomic E-state index is 0.0784. The maximum atomic E-state index is 13.9. The van der Waals surface area contributed by atoms with E-state index in [2.05, 4.69) is 0 Å². The molecule has 0 N–H and O–H groups in total. The molecule has 0 unspecified atom stereocenters. The normalized spacial score (nSPS) is 16.8. The maximum absolute atomic E-state index is 13.9. The molecule has 0 spiro atoms. The molecule has 2 aliphatic rings. The molecule has 2 aliphatic heterocycles. The topological polar surface area (TPSA) is 66.8 Å². The predicted octanol–water partition coefficient (Wildman–Crippen LogP) is 4.16. The van der Waals surface area contributed by atoms with Crippen molar-refractivity contribution in [2.45, 2.75) is 12.3 Å². The summed E-state index contributed by atoms with van der Waals surface area (Å²) in [6.07, 6.45) is 0.0784. The summed E-state index contributed by atoms with van der Waals surface area (Å²) < 4.78 is 18.3. The van der Waals surface area contributed by atoms with Gasteiger partial charge in [-0.15, -0.1) is 0 Å². The van der Waals surface area contributed by atoms with Crippen molar-refractivity contribution < 1.29 is 19.0 Å². The average Bonchev–Trinajstić information content (AvgIpc) is 3.27. The fourth-order valence-corrected chi connectivity index (χ4v) is 4.42. The molecule has 3 heterocycles. The van der Waals surface area contributed by atoms with Crippen LogP contribution in [0.5, 0.6) is 17.2 Å². The van der Waals surface area contributed by atoms with Gasteiger partial charge in [0.25, 0.3) is 5.56 Å². The average molecular weight is 411 g/mol. The van der Waals surface area contributed by atoms with Gasteiger partial charge in [0.2, 0.25) is 6.79 Å². The van der Waals surface area contributed by atoms with Crippen molar-refractivity contribution in [3.63, 3.8) is 0 Å². The van der Waals surface area contributed by atoms with Crippen LogP contribution in [0.15, 0.2) is 77.6 Å². The van der Waals surface area contributed by atoms with Gasteiger partial charge in [-0.3, -0.25) is 14.2 Å². The fraction of sp³-hybridized carbons (Fsp3) is 0.120. The van der Waals surface area contributed by atoms with Crippen LogP contribution in [0.25, 0.3) is 16.6 Å². The molecule has 3 aromatic carbocycles. The molecule has 0 bridgehead atoms. The first kappa shape index (κ1) is 17.8. The standard InChI is InChI=1S/C25H17NO5/c27-22-13-18(15-10-11-20-21(12-15)30-14-29-20)23-24(31-22)17-8-4-5-9-19(17)26(25(23)28)16-6-2-1-3-7-16/h1-12,18H,13-14H2/t18-/m0/s1. The molecule has 31 heavy (non-hydrogen) atoms. The quantitative estimate of drug-likeness (QED) is 0.464. The highest BCUT2D eigenvalue weighted by Gasteiger charge is 2.35. The van der Waals surface area contributed by atoms with Gasteiger partial charge >= 0.3 is 5.97 Å². The summed E-state index contributed by atoms with van der Waals surface area (Å²) in [4.78, 5) is 26.4. The van der Waals surface area contributed by atoms with Gasteiger partial charge in [-0.2, -0.15) is 0 Å². The monoisotopic (exact) mass is 411 g/mol. The third kappa shape index (κ3) is 2.72. The lowest BCUT2D eigenvalue weighted by molar-refractivity contribution is -0.135. The molecule has 152 valence electrons. The number of aromatic nitrogens is 1. The molecule has 0 radical (unpaired) electrons. The van der Waals surface area contributed by atoms with E-state index in [4.69, 9.17) is 14.2 Å². The van der Waals surface area contributed by atoms with Gasteiger partial charge in [0.15, 0.2) is 11.5 Å². The van der Waals surface area contributed by atoms with E-state index in [1.165, 1.54) is 0 Å². The summed E-state index contributed by atoms with van der Waals surface area (Å²) >= 11 is 0. The van der Waals surface area contributed by atoms with Crippen LogP contribution in [0.2, 0.25) is 0 Å². The number of hydrogen-bond acceptors (Lipinski definition) is 5. The lowest BCUT2D eigenvalue weighted by atomic mass is 9.86. The number of benzene rings is 3. The molecule has 0 saturated carbocycles. The van der Waals surface area contributed by atoms with Gasteiger partial charge in [-0.1, -0.05) is 36.4 Å². The van der Waals surface area contributed by atoms with Gasteiger partial charge in [0.1, 0.15) is 5.75 Å². The Labute approximate surface area is 177 Å². The smallest absolute Gasteiger partial charge is 0.312 e. The Balaban J connectivity index is 1.66. The summed E-state index contributed by atoms with van der Waals surface area (Å²) in [6.45, 7) is 0.160. The Morgan fingerprint density at radius 2 is 1.61 bits per heavy atom. The van der Waals surface area contributed by atoms with E-state index in [0.717, 1.165) is 16.6 Å². The molecule has 0 amide bonds. The van der Waals surface area contributed by atoms with E-state index in [0.29, 0.717) is 28.3 Å². The molecular formula is C25H17NO5. The van der Waals surface area contributed by atoms with Crippen molar-refractivity contribution >= 4 is 16.9 Å². The summed E-state index contributed by atoms with van der Waals surface area (Å²) in [6, 6.07) is 22.5. The van der Waals surface area contributed by atoms with Crippen molar-refractivity contribution in [3.05, 3.63) is 94.3 Å². The summed E-state index contributed by atoms with van der Waals surface area (Å²) in [5, 5.41) is 0.722. The highest BCUT2D eigenvalue weighted by molar-refractivity contribution is 5.92. The zero-order valence-electron chi connectivity index (χ0n) is 16.4. The van der Waals surface area contributed by atoms with Gasteiger partial charge in [0, 0.05) is 17.0 Å². The third-order valence-electron chi connectivity index (χ3n) is 5.82. The Morgan fingerprint density at radius 3 is 2.48 bits per heavy atom. The Morgan fingerprint density at radius 1 is 0.839 bits per heavy atom. The SMILES string of the molecule is O=C1C[C@@H](c2ccc3c(c2)OCO3)c2c(c3ccccc3n(-c3ccccc3)c2=O)O1. The van der Waals surface area contributed by atoms with Crippen LogP contribution >= 0.6 is 0 Å². The highest BCUT2D eigenvalue weighted by Crippen LogP contribution is 2.43. The van der Waals surface area contributed by atoms with Gasteiger partial charge < -0.3 is 14.2 Å². The second kappa shape index (κ2) is 6.74. The Kier molecular flexibility index (Phi) is 3.86. The number of para-hydroxylation sites is 2. The number of rotatable bonds is 2. The summed E-state index contributed by atoms with van der Waals surface area (Å²) in [5.74, 6) is 0.798. The molecule has 1 aromatic heterocycles. The van der Waals surface area contributed by atoms with Crippen LogP contribution in [0.1, 0.15) is 23.5 Å². The molecule has 6 heteroatoms. The van der Waals surface area contributed by atoms with E-state index in [-0.39, 0.29) is 24.7 Å². The van der Waals surface area contributed by atoms with E-state index >= 15 is 0 Å². The van der Waals surface area contributed by atoms with Crippen LogP contribution in [0.3, 0.4) is 0 Å². The first-order valence-electron chi connectivity index (χ1n) is 10.0. The number of fused-ring (bicyclic) bond motifs is 4. The summed E-state index contributed by atoms with van der Waals surface area (Å²) in [7, 11) is 0. The zero-order valence-corrected chi connectivity index (χ0v) is 16.4. The van der Waals surface area contributed by atoms with Crippen LogP contribution in [-0.4, -0.2) is 17.3 Å². The number of ether oxygens (including phenoxy) is 3. The van der Waals surface area contributed by atoms with E-state index in [1.54, 1.807) is 4.57 Å². The number of hydrogen-bond donors (Lipinski definition) is 0. The lowest BCUT2D eigenvalue weighted by Gasteiger charge is -2.27. The molecule has 1 atom stereocenters. The van der Waals surface area contributed by atoms with E-state index in [1.807, 2.05) is 72.8 Å². The molecule has 6 rings (SSSR count). The third-order valence-corrected chi connectivity index (χ3v) is 5.82. The van der Waals surface area contributed by atoms with Crippen molar-refractivity contribution in [2.75, 3.05) is 6.79 Å². The molecule has 4 aromatic rings. The predicted molar refractivity (Wildman–Crippen MR) is 114 cm³/mol. The number of esters is 1. The number of carbonyl (C=O) groups excluding carboxylic acids is 1. The van der Waals surface area contributed by atoms with Crippen molar-refractivity contribution in [1.82, 2.24) is 4.57 Å². The Bertz CT molecular complexity index is 1410. The van der Waals surface area contributed by atoms with Crippen molar-refractivity contribution in [3.8, 4) is 22.9 Å². The van der Waals surface area contributed by atoms with Crippen molar-refractivity contribution in [2.24, 2.45) is 0 Å². The molecule has 0 aliphatic carbocycles. The molecule has 0 fully saturated rings. The van der Waals surface area contributed by atoms with Crippen LogP contribution in [0.4, 0.5) is 0 Å². The second-order valence-corrected chi connectivity index (χ2v) is 7.58. The zero-order chi connectivity index (χ0) is 20.9. The van der Waals surface area contributed by atoms with Crippen molar-refractivity contribution in [1.29, 1.82) is 0 Å². The van der Waals surface area contributed by atoms with E-state index < -0.39 is 5.92 Å².